The summed E-state index contributed by atoms with van der Waals surface area (Å²) in [4.78, 5) is 30.1. The first-order chi connectivity index (χ1) is 12.1. The summed E-state index contributed by atoms with van der Waals surface area (Å²) in [5.74, 6) is -1.14. The molecule has 5 nitrogen and oxygen atoms in total. The number of aryl methyl sites for hydroxylation is 1. The predicted octanol–water partition coefficient (Wildman–Crippen LogP) is 3.72. The van der Waals surface area contributed by atoms with E-state index in [0.717, 1.165) is 36.2 Å². The molecular weight excluding hydrogens is 336 g/mol. The molecule has 1 aromatic heterocycles. The van der Waals surface area contributed by atoms with Gasteiger partial charge in [-0.3, -0.25) is 9.59 Å². The minimum Gasteiger partial charge on any atom is -0.481 e. The van der Waals surface area contributed by atoms with Gasteiger partial charge in [-0.15, -0.1) is 11.3 Å². The molecular formula is C19H24N2O3S. The van der Waals surface area contributed by atoms with Gasteiger partial charge in [-0.25, -0.2) is 4.98 Å². The number of piperidine rings is 1. The zero-order valence-electron chi connectivity index (χ0n) is 14.5. The standard InChI is InChI=1S/C19H24N2O3S/c1-13-14(19(23)24)7-6-12-21(13)18(22)11-5-4-10-17-20-15-8-2-3-9-16(15)25-17/h2-3,8-9,13-14H,4-7,10-12H2,1H3,(H,23,24)/t13-,14-/m1/s1. The molecule has 2 heterocycles. The molecule has 25 heavy (non-hydrogen) atoms. The van der Waals surface area contributed by atoms with Crippen LogP contribution in [-0.2, 0) is 16.0 Å². The number of thiazole rings is 1. The molecule has 0 radical (unpaired) electrons. The van der Waals surface area contributed by atoms with Crippen molar-refractivity contribution in [1.29, 1.82) is 0 Å². The second-order valence-electron chi connectivity index (χ2n) is 6.70. The molecule has 3 rings (SSSR count). The van der Waals surface area contributed by atoms with E-state index in [9.17, 15) is 14.7 Å². The molecule has 0 spiro atoms. The van der Waals surface area contributed by atoms with Crippen molar-refractivity contribution < 1.29 is 14.7 Å². The Hall–Kier alpha value is -1.95. The van der Waals surface area contributed by atoms with E-state index in [0.29, 0.717) is 19.4 Å². The SMILES string of the molecule is C[C@@H]1[C@H](C(=O)O)CCCN1C(=O)CCCCc1nc2ccccc2s1. The fraction of sp³-hybridized carbons (Fsp3) is 0.526. The van der Waals surface area contributed by atoms with E-state index in [1.54, 1.807) is 16.2 Å². The molecule has 134 valence electrons. The van der Waals surface area contributed by atoms with Crippen LogP contribution in [0.2, 0.25) is 0 Å². The summed E-state index contributed by atoms with van der Waals surface area (Å²) in [6, 6.07) is 7.91. The Labute approximate surface area is 151 Å². The van der Waals surface area contributed by atoms with Gasteiger partial charge in [-0.05, 0) is 51.2 Å². The first-order valence-corrected chi connectivity index (χ1v) is 9.74. The number of fused-ring (bicyclic) bond motifs is 1. The number of aromatic nitrogens is 1. The molecule has 1 fully saturated rings. The number of benzene rings is 1. The minimum atomic E-state index is -0.791. The van der Waals surface area contributed by atoms with Gasteiger partial charge in [0.05, 0.1) is 21.1 Å². The first kappa shape index (κ1) is 17.9. The lowest BCUT2D eigenvalue weighted by Gasteiger charge is -2.37. The van der Waals surface area contributed by atoms with Gasteiger partial charge >= 0.3 is 5.97 Å². The summed E-state index contributed by atoms with van der Waals surface area (Å²) in [6.45, 7) is 2.54. The number of hydrogen-bond acceptors (Lipinski definition) is 4. The third kappa shape index (κ3) is 4.18. The van der Waals surface area contributed by atoms with Crippen LogP contribution >= 0.6 is 11.3 Å². The van der Waals surface area contributed by atoms with Crippen LogP contribution in [0.15, 0.2) is 24.3 Å². The number of carboxylic acid groups (broad SMARTS) is 1. The monoisotopic (exact) mass is 360 g/mol. The maximum Gasteiger partial charge on any atom is 0.308 e. The van der Waals surface area contributed by atoms with Gasteiger partial charge < -0.3 is 10.0 Å². The highest BCUT2D eigenvalue weighted by atomic mass is 32.1. The quantitative estimate of drug-likeness (QED) is 0.797. The van der Waals surface area contributed by atoms with Crippen LogP contribution in [0.4, 0.5) is 0 Å². The summed E-state index contributed by atoms with van der Waals surface area (Å²) >= 11 is 1.72. The molecule has 0 bridgehead atoms. The van der Waals surface area contributed by atoms with E-state index in [-0.39, 0.29) is 11.9 Å². The van der Waals surface area contributed by atoms with E-state index < -0.39 is 11.9 Å². The molecule has 1 N–H and O–H groups in total. The van der Waals surface area contributed by atoms with Crippen LogP contribution in [0.3, 0.4) is 0 Å². The van der Waals surface area contributed by atoms with Crippen LogP contribution in [0.1, 0.15) is 44.0 Å². The predicted molar refractivity (Wildman–Crippen MR) is 98.7 cm³/mol. The maximum atomic E-state index is 12.4. The van der Waals surface area contributed by atoms with Crippen LogP contribution in [0.25, 0.3) is 10.2 Å². The second kappa shape index (κ2) is 7.95. The van der Waals surface area contributed by atoms with E-state index >= 15 is 0 Å². The van der Waals surface area contributed by atoms with Crippen LogP contribution in [0, 0.1) is 5.92 Å². The summed E-state index contributed by atoms with van der Waals surface area (Å²) in [5.41, 5.74) is 1.04. The lowest BCUT2D eigenvalue weighted by Crippen LogP contribution is -2.49. The minimum absolute atomic E-state index is 0.0859. The highest BCUT2D eigenvalue weighted by molar-refractivity contribution is 7.18. The highest BCUT2D eigenvalue weighted by Gasteiger charge is 2.34. The van der Waals surface area contributed by atoms with Gasteiger partial charge in [0.1, 0.15) is 0 Å². The number of aliphatic carboxylic acids is 1. The van der Waals surface area contributed by atoms with Crippen molar-refractivity contribution in [1.82, 2.24) is 9.88 Å². The van der Waals surface area contributed by atoms with Crippen molar-refractivity contribution in [3.63, 3.8) is 0 Å². The number of carbonyl (C=O) groups is 2. The van der Waals surface area contributed by atoms with Crippen molar-refractivity contribution in [2.45, 2.75) is 51.5 Å². The Morgan fingerprint density at radius 1 is 1.32 bits per heavy atom. The summed E-state index contributed by atoms with van der Waals surface area (Å²) in [6.07, 6.45) is 4.56. The topological polar surface area (TPSA) is 70.5 Å². The fourth-order valence-electron chi connectivity index (χ4n) is 3.55. The number of amides is 1. The Balaban J connectivity index is 1.46. The number of carboxylic acids is 1. The fourth-order valence-corrected chi connectivity index (χ4v) is 4.56. The molecule has 2 atom stereocenters. The maximum absolute atomic E-state index is 12.4. The zero-order valence-corrected chi connectivity index (χ0v) is 15.3. The summed E-state index contributed by atoms with van der Waals surface area (Å²) < 4.78 is 1.20. The molecule has 0 aliphatic carbocycles. The summed E-state index contributed by atoms with van der Waals surface area (Å²) in [5, 5.41) is 10.4. The summed E-state index contributed by atoms with van der Waals surface area (Å²) in [7, 11) is 0. The largest absolute Gasteiger partial charge is 0.481 e. The number of carbonyl (C=O) groups excluding carboxylic acids is 1. The number of likely N-dealkylation sites (tertiary alicyclic amines) is 1. The van der Waals surface area contributed by atoms with Crippen LogP contribution in [0.5, 0.6) is 0 Å². The van der Waals surface area contributed by atoms with Crippen molar-refractivity contribution in [3.05, 3.63) is 29.3 Å². The Morgan fingerprint density at radius 2 is 2.12 bits per heavy atom. The van der Waals surface area contributed by atoms with Gasteiger partial charge in [0, 0.05) is 19.0 Å². The highest BCUT2D eigenvalue weighted by Crippen LogP contribution is 2.25. The van der Waals surface area contributed by atoms with Crippen molar-refractivity contribution >= 4 is 33.4 Å². The van der Waals surface area contributed by atoms with E-state index in [4.69, 9.17) is 0 Å². The molecule has 1 saturated heterocycles. The zero-order chi connectivity index (χ0) is 17.8. The average Bonchev–Trinajstić information content (AvgIpc) is 3.01. The normalized spacial score (nSPS) is 20.8. The number of nitrogens with zero attached hydrogens (tertiary/aromatic N) is 2. The third-order valence-electron chi connectivity index (χ3n) is 5.00. The van der Waals surface area contributed by atoms with Crippen molar-refractivity contribution in [2.75, 3.05) is 6.54 Å². The van der Waals surface area contributed by atoms with E-state index in [2.05, 4.69) is 11.1 Å². The Morgan fingerprint density at radius 3 is 2.88 bits per heavy atom. The van der Waals surface area contributed by atoms with Gasteiger partial charge in [0.25, 0.3) is 0 Å². The number of rotatable bonds is 6. The Kier molecular flexibility index (Phi) is 5.68. The van der Waals surface area contributed by atoms with Crippen molar-refractivity contribution in [2.24, 2.45) is 5.92 Å². The lowest BCUT2D eigenvalue weighted by molar-refractivity contribution is -0.149. The van der Waals surface area contributed by atoms with Gasteiger partial charge in [0.2, 0.25) is 5.91 Å². The molecule has 0 unspecified atom stereocenters. The molecule has 6 heteroatoms. The van der Waals surface area contributed by atoms with Gasteiger partial charge in [-0.2, -0.15) is 0 Å². The van der Waals surface area contributed by atoms with Gasteiger partial charge in [0.15, 0.2) is 0 Å². The Bertz CT molecular complexity index is 725. The van der Waals surface area contributed by atoms with E-state index in [1.165, 1.54) is 4.70 Å². The first-order valence-electron chi connectivity index (χ1n) is 8.93. The van der Waals surface area contributed by atoms with Crippen molar-refractivity contribution in [3.8, 4) is 0 Å². The van der Waals surface area contributed by atoms with E-state index in [1.807, 2.05) is 25.1 Å². The van der Waals surface area contributed by atoms with Crippen LogP contribution < -0.4 is 0 Å². The molecule has 1 amide bonds. The number of para-hydroxylation sites is 1. The third-order valence-corrected chi connectivity index (χ3v) is 6.09. The smallest absolute Gasteiger partial charge is 0.308 e. The molecule has 1 aliphatic heterocycles. The van der Waals surface area contributed by atoms with Crippen LogP contribution in [-0.4, -0.2) is 39.5 Å². The molecule has 2 aromatic rings. The average molecular weight is 360 g/mol. The lowest BCUT2D eigenvalue weighted by atomic mass is 9.90. The second-order valence-corrected chi connectivity index (χ2v) is 7.81. The molecule has 0 saturated carbocycles. The number of hydrogen-bond donors (Lipinski definition) is 1. The number of unbranched alkanes of at least 4 members (excludes halogenated alkanes) is 1. The molecule has 1 aliphatic rings. The molecule has 1 aromatic carbocycles. The van der Waals surface area contributed by atoms with Gasteiger partial charge in [-0.1, -0.05) is 12.1 Å².